The van der Waals surface area contributed by atoms with Gasteiger partial charge in [0.05, 0.1) is 5.69 Å². The molecule has 0 atom stereocenters. The fourth-order valence-electron chi connectivity index (χ4n) is 8.19. The third-order valence-corrected chi connectivity index (χ3v) is 11.0. The monoisotopic (exact) mass is 929 g/mol. The van der Waals surface area contributed by atoms with Crippen molar-refractivity contribution in [3.63, 3.8) is 0 Å². The Hall–Kier alpha value is -6.55. The first-order valence-corrected chi connectivity index (χ1v) is 19.5. The molecule has 0 unspecified atom stereocenters. The molecular weight excluding hydrogens is 890 g/mol. The van der Waals surface area contributed by atoms with Crippen molar-refractivity contribution in [1.29, 1.82) is 0 Å². The summed E-state index contributed by atoms with van der Waals surface area (Å²) in [5, 5.41) is 2.28. The number of rotatable bonds is 8. The van der Waals surface area contributed by atoms with Crippen LogP contribution in [-0.4, -0.2) is 18.7 Å². The first kappa shape index (κ1) is 37.0. The molecule has 0 fully saturated rings. The molecule has 3 aromatic heterocycles. The molecular formula is C52H40N5Pt-. The van der Waals surface area contributed by atoms with E-state index in [1.54, 1.807) is 0 Å². The van der Waals surface area contributed by atoms with E-state index in [9.17, 15) is 0 Å². The summed E-state index contributed by atoms with van der Waals surface area (Å²) < 4.78 is 6.65. The van der Waals surface area contributed by atoms with Gasteiger partial charge in [0.25, 0.3) is 0 Å². The molecule has 0 N–H and O–H groups in total. The van der Waals surface area contributed by atoms with E-state index in [4.69, 9.17) is 4.98 Å². The van der Waals surface area contributed by atoms with Crippen LogP contribution in [0.2, 0.25) is 0 Å². The number of pyridine rings is 1. The third kappa shape index (κ3) is 6.42. The van der Waals surface area contributed by atoms with Gasteiger partial charge in [-0.3, -0.25) is 0 Å². The molecule has 284 valence electrons. The van der Waals surface area contributed by atoms with E-state index in [1.807, 2.05) is 6.20 Å². The Morgan fingerprint density at radius 1 is 0.586 bits per heavy atom. The number of hydrogen-bond acceptors (Lipinski definition) is 2. The third-order valence-electron chi connectivity index (χ3n) is 11.0. The van der Waals surface area contributed by atoms with Gasteiger partial charge in [-0.05, 0) is 58.3 Å². The maximum atomic E-state index is 4.95. The van der Waals surface area contributed by atoms with Gasteiger partial charge in [-0.15, -0.1) is 29.7 Å². The number of fused-ring (bicyclic) bond motifs is 4. The Morgan fingerprint density at radius 2 is 1.21 bits per heavy atom. The Bertz CT molecular complexity index is 3010. The van der Waals surface area contributed by atoms with Gasteiger partial charge >= 0.3 is 0 Å². The minimum Gasteiger partial charge on any atom is -0.357 e. The molecule has 0 spiro atoms. The van der Waals surface area contributed by atoms with Crippen molar-refractivity contribution < 1.29 is 21.1 Å². The van der Waals surface area contributed by atoms with Gasteiger partial charge in [-0.1, -0.05) is 134 Å². The fraction of sp³-hybridized carbons (Fsp3) is 0.0769. The molecule has 0 saturated heterocycles. The largest absolute Gasteiger partial charge is 0.357 e. The maximum Gasteiger partial charge on any atom is 0.188 e. The van der Waals surface area contributed by atoms with Crippen molar-refractivity contribution >= 4 is 49.9 Å². The Balaban J connectivity index is 0.00000436. The Labute approximate surface area is 353 Å². The summed E-state index contributed by atoms with van der Waals surface area (Å²) in [5.41, 5.74) is 13.8. The fourth-order valence-corrected chi connectivity index (χ4v) is 8.19. The molecule has 0 bridgehead atoms. The van der Waals surface area contributed by atoms with Crippen LogP contribution in [-0.2, 0) is 28.1 Å². The molecule has 6 heteroatoms. The SMILES string of the molecule is CC(C)c1ccnc(-n2c3[c-]c(N(c4[c-]c(-n5[cH+]n(C)c6ccccc65)ccc4)c4c(-c5ccccc5)cccc4-c4ccccc4)ccc3c3ccccc32)c1.[Pt]. The zero-order valence-corrected chi connectivity index (χ0v) is 34.7. The number of anilines is 3. The van der Waals surface area contributed by atoms with Gasteiger partial charge < -0.3 is 9.47 Å². The normalized spacial score (nSPS) is 11.4. The van der Waals surface area contributed by atoms with E-state index < -0.39 is 0 Å². The maximum absolute atomic E-state index is 4.95. The molecule has 10 rings (SSSR count). The van der Waals surface area contributed by atoms with E-state index >= 15 is 0 Å². The van der Waals surface area contributed by atoms with Gasteiger partial charge in [0.15, 0.2) is 17.4 Å². The summed E-state index contributed by atoms with van der Waals surface area (Å²) in [6, 6.07) is 68.1. The first-order chi connectivity index (χ1) is 28.0. The number of nitrogens with zero attached hydrogens (tertiary/aromatic N) is 5. The van der Waals surface area contributed by atoms with E-state index in [1.165, 1.54) is 5.56 Å². The average molecular weight is 930 g/mol. The summed E-state index contributed by atoms with van der Waals surface area (Å²) >= 11 is 0. The smallest absolute Gasteiger partial charge is 0.188 e. The predicted molar refractivity (Wildman–Crippen MR) is 236 cm³/mol. The van der Waals surface area contributed by atoms with Gasteiger partial charge in [0.2, 0.25) is 0 Å². The van der Waals surface area contributed by atoms with Gasteiger partial charge in [0, 0.05) is 68.8 Å². The van der Waals surface area contributed by atoms with E-state index in [2.05, 4.69) is 228 Å². The minimum atomic E-state index is 0. The average Bonchev–Trinajstić information content (AvgIpc) is 3.79. The number of aromatic nitrogens is 4. The molecule has 0 aliphatic heterocycles. The summed E-state index contributed by atoms with van der Waals surface area (Å²) in [4.78, 5) is 7.30. The molecule has 0 aliphatic carbocycles. The van der Waals surface area contributed by atoms with Crippen LogP contribution in [0.3, 0.4) is 0 Å². The minimum absolute atomic E-state index is 0. The van der Waals surface area contributed by atoms with Gasteiger partial charge in [-0.25, -0.2) is 14.1 Å². The molecule has 3 heterocycles. The Morgan fingerprint density at radius 3 is 1.91 bits per heavy atom. The predicted octanol–water partition coefficient (Wildman–Crippen LogP) is 13.3. The summed E-state index contributed by atoms with van der Waals surface area (Å²) in [6.45, 7) is 4.45. The summed E-state index contributed by atoms with van der Waals surface area (Å²) in [6.07, 6.45) is 4.06. The van der Waals surface area contributed by atoms with Gasteiger partial charge in [-0.2, -0.15) is 12.1 Å². The van der Waals surface area contributed by atoms with E-state index in [0.29, 0.717) is 5.92 Å². The van der Waals surface area contributed by atoms with E-state index in [0.717, 1.165) is 83.7 Å². The molecule has 58 heavy (non-hydrogen) atoms. The standard InChI is InChI=1S/C52H40N5.Pt/c1-36(2)39-30-31-53-51(32-39)57-47-25-11-10-22-45(47)46-29-28-42(34-50(46)57)56(41-21-14-20-40(33-41)55-35-54(3)48-26-12-13-27-49(48)55)52-43(37-16-6-4-7-17-37)23-15-24-44(52)38-18-8-5-9-19-38;/h4-32,35-36H,1-3H3;/q-1;. The van der Waals surface area contributed by atoms with Crippen LogP contribution in [0, 0.1) is 12.1 Å². The van der Waals surface area contributed by atoms with Crippen molar-refractivity contribution in [3.05, 3.63) is 200 Å². The van der Waals surface area contributed by atoms with Crippen LogP contribution in [0.15, 0.2) is 182 Å². The van der Waals surface area contributed by atoms with Crippen molar-refractivity contribution in [3.8, 4) is 33.8 Å². The molecule has 0 saturated carbocycles. The van der Waals surface area contributed by atoms with Crippen LogP contribution in [0.5, 0.6) is 0 Å². The van der Waals surface area contributed by atoms with E-state index in [-0.39, 0.29) is 21.1 Å². The van der Waals surface area contributed by atoms with Crippen molar-refractivity contribution in [2.24, 2.45) is 7.05 Å². The second-order valence-corrected chi connectivity index (χ2v) is 14.8. The van der Waals surface area contributed by atoms with Crippen LogP contribution < -0.4 is 4.90 Å². The van der Waals surface area contributed by atoms with Crippen LogP contribution in [0.4, 0.5) is 17.1 Å². The quantitative estimate of drug-likeness (QED) is 0.142. The zero-order chi connectivity index (χ0) is 38.5. The number of hydrogen-bond donors (Lipinski definition) is 0. The molecule has 5 nitrogen and oxygen atoms in total. The molecule has 7 aromatic carbocycles. The topological polar surface area (TPSA) is 30.9 Å². The number of benzene rings is 7. The second-order valence-electron chi connectivity index (χ2n) is 14.8. The molecule has 0 radical (unpaired) electrons. The zero-order valence-electron chi connectivity index (χ0n) is 32.5. The van der Waals surface area contributed by atoms with Crippen molar-refractivity contribution in [2.45, 2.75) is 19.8 Å². The van der Waals surface area contributed by atoms with Crippen LogP contribution >= 0.6 is 0 Å². The molecule has 0 aliphatic rings. The Kier molecular flexibility index (Phi) is 9.85. The first-order valence-electron chi connectivity index (χ1n) is 19.5. The summed E-state index contributed by atoms with van der Waals surface area (Å²) in [7, 11) is 2.09. The molecule has 10 aromatic rings. The molecule has 0 amide bonds. The van der Waals surface area contributed by atoms with Crippen molar-refractivity contribution in [1.82, 2.24) is 18.7 Å². The van der Waals surface area contributed by atoms with Crippen LogP contribution in [0.1, 0.15) is 25.3 Å². The second kappa shape index (κ2) is 15.4. The number of imidazole rings is 1. The number of para-hydroxylation sites is 4. The summed E-state index contributed by atoms with van der Waals surface area (Å²) in [5.74, 6) is 1.24. The van der Waals surface area contributed by atoms with Crippen molar-refractivity contribution in [2.75, 3.05) is 4.90 Å². The number of aryl methyl sites for hydroxylation is 1. The van der Waals surface area contributed by atoms with Gasteiger partial charge in [0.1, 0.15) is 5.82 Å². The van der Waals surface area contributed by atoms with Crippen LogP contribution in [0.25, 0.3) is 66.6 Å².